The number of benzene rings is 1. The number of aryl methyl sites for hydroxylation is 2. The molecule has 3 saturated heterocycles. The Balaban J connectivity index is 1.42. The third-order valence-corrected chi connectivity index (χ3v) is 9.56. The summed E-state index contributed by atoms with van der Waals surface area (Å²) >= 11 is 0. The van der Waals surface area contributed by atoms with Gasteiger partial charge in [-0.3, -0.25) is 13.9 Å². The van der Waals surface area contributed by atoms with Crippen molar-refractivity contribution >= 4 is 33.3 Å². The van der Waals surface area contributed by atoms with Crippen LogP contribution in [-0.2, 0) is 19.6 Å². The maximum Gasteiger partial charge on any atom is 0.256 e. The lowest BCUT2D eigenvalue weighted by molar-refractivity contribution is -0.120. The van der Waals surface area contributed by atoms with Gasteiger partial charge in [0.05, 0.1) is 29.5 Å². The van der Waals surface area contributed by atoms with Gasteiger partial charge in [-0.1, -0.05) is 12.1 Å². The van der Waals surface area contributed by atoms with E-state index in [9.17, 15) is 18.0 Å². The number of amides is 2. The van der Waals surface area contributed by atoms with Crippen LogP contribution in [0, 0.1) is 19.8 Å². The number of nitrogens with one attached hydrogen (secondary N) is 1. The summed E-state index contributed by atoms with van der Waals surface area (Å²) in [5.74, 6) is 0.129. The number of pyridine rings is 1. The molecule has 0 saturated carbocycles. The molecule has 2 amide bonds. The lowest BCUT2D eigenvalue weighted by atomic mass is 9.87. The van der Waals surface area contributed by atoms with Gasteiger partial charge in [-0.25, -0.2) is 13.4 Å². The number of carbonyl (C=O) groups excluding carboxylic acids is 2. The second-order valence-electron chi connectivity index (χ2n) is 10.4. The average Bonchev–Trinajstić information content (AvgIpc) is 3.44. The van der Waals surface area contributed by atoms with E-state index in [0.717, 1.165) is 16.9 Å². The number of ether oxygens (including phenoxy) is 1. The Morgan fingerprint density at radius 3 is 2.55 bits per heavy atom. The maximum absolute atomic E-state index is 13.8. The highest BCUT2D eigenvalue weighted by Gasteiger charge is 2.38. The fraction of sp³-hybridized carbons (Fsp3) is 0.519. The maximum atomic E-state index is 13.8. The van der Waals surface area contributed by atoms with Crippen LogP contribution >= 0.6 is 0 Å². The van der Waals surface area contributed by atoms with Crippen LogP contribution in [0.1, 0.15) is 39.4 Å². The SMILES string of the molecule is COCC1CNC(=O)[C@H]1c1ccc(C(=O)N2CCN(c3ncc(C)cc3C)CC2)c(N2CCCS2(=O)=O)c1. The monoisotopic (exact) mass is 541 g/mol. The summed E-state index contributed by atoms with van der Waals surface area (Å²) in [6.07, 6.45) is 2.35. The third-order valence-electron chi connectivity index (χ3n) is 7.71. The van der Waals surface area contributed by atoms with Gasteiger partial charge in [-0.15, -0.1) is 0 Å². The molecule has 3 aliphatic heterocycles. The van der Waals surface area contributed by atoms with Crippen LogP contribution in [0.4, 0.5) is 11.5 Å². The molecule has 2 atom stereocenters. The molecule has 204 valence electrons. The van der Waals surface area contributed by atoms with E-state index in [2.05, 4.69) is 21.3 Å². The first-order valence-electron chi connectivity index (χ1n) is 13.1. The van der Waals surface area contributed by atoms with Crippen molar-refractivity contribution in [2.75, 3.05) is 67.9 Å². The van der Waals surface area contributed by atoms with Crippen molar-refractivity contribution in [3.05, 3.63) is 52.7 Å². The summed E-state index contributed by atoms with van der Waals surface area (Å²) in [4.78, 5) is 35.0. The highest BCUT2D eigenvalue weighted by Crippen LogP contribution is 2.36. The number of rotatable bonds is 6. The number of hydrogen-bond acceptors (Lipinski definition) is 7. The molecule has 1 N–H and O–H groups in total. The quantitative estimate of drug-likeness (QED) is 0.592. The summed E-state index contributed by atoms with van der Waals surface area (Å²) in [6.45, 7) is 7.55. The van der Waals surface area contributed by atoms with E-state index >= 15 is 0 Å². The molecule has 5 rings (SSSR count). The van der Waals surface area contributed by atoms with Crippen LogP contribution in [0.2, 0.25) is 0 Å². The minimum Gasteiger partial charge on any atom is -0.384 e. The number of carbonyl (C=O) groups is 2. The second-order valence-corrected chi connectivity index (χ2v) is 12.4. The summed E-state index contributed by atoms with van der Waals surface area (Å²) < 4.78 is 32.5. The van der Waals surface area contributed by atoms with Gasteiger partial charge < -0.3 is 19.9 Å². The predicted octanol–water partition coefficient (Wildman–Crippen LogP) is 1.68. The Kier molecular flexibility index (Phi) is 7.32. The van der Waals surface area contributed by atoms with Crippen molar-refractivity contribution < 1.29 is 22.7 Å². The summed E-state index contributed by atoms with van der Waals surface area (Å²) in [5, 5.41) is 2.89. The van der Waals surface area contributed by atoms with Gasteiger partial charge in [0.15, 0.2) is 0 Å². The van der Waals surface area contributed by atoms with Gasteiger partial charge >= 0.3 is 0 Å². The molecule has 0 radical (unpaired) electrons. The first kappa shape index (κ1) is 26.4. The van der Waals surface area contributed by atoms with Gasteiger partial charge in [0.25, 0.3) is 5.91 Å². The average molecular weight is 542 g/mol. The number of nitrogens with zero attached hydrogens (tertiary/aromatic N) is 4. The molecule has 1 aromatic heterocycles. The van der Waals surface area contributed by atoms with Crippen molar-refractivity contribution in [1.29, 1.82) is 0 Å². The van der Waals surface area contributed by atoms with Crippen LogP contribution in [0.3, 0.4) is 0 Å². The number of methoxy groups -OCH3 is 1. The smallest absolute Gasteiger partial charge is 0.256 e. The second kappa shape index (κ2) is 10.5. The van der Waals surface area contributed by atoms with Crippen molar-refractivity contribution in [1.82, 2.24) is 15.2 Å². The number of hydrogen-bond donors (Lipinski definition) is 1. The fourth-order valence-electron chi connectivity index (χ4n) is 5.84. The van der Waals surface area contributed by atoms with Crippen molar-refractivity contribution in [2.45, 2.75) is 26.2 Å². The zero-order valence-corrected chi connectivity index (χ0v) is 23.0. The normalized spacial score (nSPS) is 23.1. The minimum atomic E-state index is -3.54. The zero-order chi connectivity index (χ0) is 27.0. The molecule has 38 heavy (non-hydrogen) atoms. The molecule has 10 nitrogen and oxygen atoms in total. The molecule has 3 aliphatic rings. The Morgan fingerprint density at radius 1 is 1.13 bits per heavy atom. The van der Waals surface area contributed by atoms with Crippen LogP contribution in [0.25, 0.3) is 0 Å². The van der Waals surface area contributed by atoms with Crippen LogP contribution in [0.15, 0.2) is 30.5 Å². The fourth-order valence-corrected chi connectivity index (χ4v) is 7.41. The number of piperazine rings is 1. The molecule has 1 unspecified atom stereocenters. The molecule has 2 aromatic rings. The van der Waals surface area contributed by atoms with Crippen LogP contribution in [-0.4, -0.2) is 88.9 Å². The lowest BCUT2D eigenvalue weighted by Gasteiger charge is -2.36. The van der Waals surface area contributed by atoms with E-state index in [1.807, 2.05) is 20.0 Å². The molecule has 1 aromatic carbocycles. The van der Waals surface area contributed by atoms with Gasteiger partial charge in [-0.2, -0.15) is 0 Å². The van der Waals surface area contributed by atoms with E-state index in [1.54, 1.807) is 30.2 Å². The summed E-state index contributed by atoms with van der Waals surface area (Å²) in [7, 11) is -1.94. The Labute approximate surface area is 224 Å². The molecule has 4 heterocycles. The zero-order valence-electron chi connectivity index (χ0n) is 22.1. The molecule has 11 heteroatoms. The van der Waals surface area contributed by atoms with Crippen LogP contribution < -0.4 is 14.5 Å². The van der Waals surface area contributed by atoms with Gasteiger partial charge in [0, 0.05) is 58.5 Å². The van der Waals surface area contributed by atoms with Crippen molar-refractivity contribution in [2.24, 2.45) is 5.92 Å². The number of aromatic nitrogens is 1. The van der Waals surface area contributed by atoms with E-state index in [-0.39, 0.29) is 23.5 Å². The highest BCUT2D eigenvalue weighted by molar-refractivity contribution is 7.93. The first-order chi connectivity index (χ1) is 18.2. The van der Waals surface area contributed by atoms with E-state index in [0.29, 0.717) is 69.1 Å². The van der Waals surface area contributed by atoms with Gasteiger partial charge in [0.1, 0.15) is 5.82 Å². The largest absolute Gasteiger partial charge is 0.384 e. The Hall–Kier alpha value is -3.18. The van der Waals surface area contributed by atoms with Crippen molar-refractivity contribution in [3.63, 3.8) is 0 Å². The van der Waals surface area contributed by atoms with Crippen LogP contribution in [0.5, 0.6) is 0 Å². The highest BCUT2D eigenvalue weighted by atomic mass is 32.2. The van der Waals surface area contributed by atoms with E-state index < -0.39 is 15.9 Å². The van der Waals surface area contributed by atoms with E-state index in [1.165, 1.54) is 4.31 Å². The molecule has 0 bridgehead atoms. The summed E-state index contributed by atoms with van der Waals surface area (Å²) in [6, 6.07) is 7.30. The molecular weight excluding hydrogens is 506 g/mol. The minimum absolute atomic E-state index is 0.0443. The van der Waals surface area contributed by atoms with Gasteiger partial charge in [0.2, 0.25) is 15.9 Å². The Bertz CT molecular complexity index is 1340. The summed E-state index contributed by atoms with van der Waals surface area (Å²) in [5.41, 5.74) is 3.61. The lowest BCUT2D eigenvalue weighted by Crippen LogP contribution is -2.49. The number of anilines is 2. The standard InChI is InChI=1S/C27H35N5O5S/c1-18-13-19(2)25(28-15-18)30-8-10-31(11-9-30)27(34)22-6-5-20(24-21(17-37-3)16-29-26(24)33)14-23(22)32-7-4-12-38(32,35)36/h5-6,13-15,21,24H,4,7-12,16-17H2,1-3H3,(H,29,33)/t21?,24-/m0/s1. The molecular formula is C27H35N5O5S. The van der Waals surface area contributed by atoms with Gasteiger partial charge in [-0.05, 0) is 49.1 Å². The van der Waals surface area contributed by atoms with Crippen molar-refractivity contribution in [3.8, 4) is 0 Å². The molecule has 3 fully saturated rings. The predicted molar refractivity (Wildman–Crippen MR) is 145 cm³/mol. The van der Waals surface area contributed by atoms with E-state index in [4.69, 9.17) is 4.74 Å². The number of sulfonamides is 1. The Morgan fingerprint density at radius 2 is 1.89 bits per heavy atom. The third kappa shape index (κ3) is 4.96. The first-order valence-corrected chi connectivity index (χ1v) is 14.7. The topological polar surface area (TPSA) is 112 Å². The molecule has 0 aliphatic carbocycles. The molecule has 0 spiro atoms.